The van der Waals surface area contributed by atoms with Gasteiger partial charge in [-0.05, 0) is 43.1 Å². The van der Waals surface area contributed by atoms with E-state index in [9.17, 15) is 14.4 Å². The molecule has 164 valence electrons. The number of hydrogen-bond donors (Lipinski definition) is 1. The lowest BCUT2D eigenvalue weighted by atomic mass is 9.67. The van der Waals surface area contributed by atoms with E-state index in [-0.39, 0.29) is 23.8 Å². The lowest BCUT2D eigenvalue weighted by molar-refractivity contribution is -0.139. The Hall–Kier alpha value is -2.57. The molecule has 0 radical (unpaired) electrons. The summed E-state index contributed by atoms with van der Waals surface area (Å²) < 4.78 is 5.33. The van der Waals surface area contributed by atoms with Gasteiger partial charge in [-0.25, -0.2) is 4.79 Å². The van der Waals surface area contributed by atoms with Crippen molar-refractivity contribution in [1.29, 1.82) is 0 Å². The molecule has 7 heteroatoms. The Morgan fingerprint density at radius 3 is 2.47 bits per heavy atom. The van der Waals surface area contributed by atoms with E-state index in [4.69, 9.17) is 4.74 Å². The van der Waals surface area contributed by atoms with Crippen LogP contribution in [0.3, 0.4) is 0 Å². The van der Waals surface area contributed by atoms with E-state index < -0.39 is 11.6 Å². The maximum absolute atomic E-state index is 13.1. The molecule has 4 amide bonds. The minimum Gasteiger partial charge on any atom is -0.496 e. The molecule has 30 heavy (non-hydrogen) atoms. The first-order valence-corrected chi connectivity index (χ1v) is 10.6. The first-order valence-electron chi connectivity index (χ1n) is 10.6. The number of imide groups is 1. The normalized spacial score (nSPS) is 24.2. The van der Waals surface area contributed by atoms with Crippen LogP contribution in [-0.2, 0) is 16.1 Å². The van der Waals surface area contributed by atoms with Crippen molar-refractivity contribution in [2.24, 2.45) is 11.3 Å². The second kappa shape index (κ2) is 8.28. The Morgan fingerprint density at radius 2 is 1.87 bits per heavy atom. The van der Waals surface area contributed by atoms with Crippen molar-refractivity contribution in [1.82, 2.24) is 15.1 Å². The third kappa shape index (κ3) is 4.30. The van der Waals surface area contributed by atoms with Gasteiger partial charge in [0, 0.05) is 19.2 Å². The summed E-state index contributed by atoms with van der Waals surface area (Å²) in [6, 6.07) is 7.01. The van der Waals surface area contributed by atoms with Gasteiger partial charge in [0.2, 0.25) is 5.91 Å². The minimum absolute atomic E-state index is 0.185. The fraction of sp³-hybridized carbons (Fsp3) is 0.609. The molecule has 1 spiro atoms. The van der Waals surface area contributed by atoms with E-state index in [1.165, 1.54) is 4.90 Å². The summed E-state index contributed by atoms with van der Waals surface area (Å²) in [6.45, 7) is 6.74. The van der Waals surface area contributed by atoms with E-state index in [2.05, 4.69) is 26.1 Å². The highest BCUT2D eigenvalue weighted by Gasteiger charge is 2.53. The molecule has 7 nitrogen and oxygen atoms in total. The highest BCUT2D eigenvalue weighted by atomic mass is 16.5. The quantitative estimate of drug-likeness (QED) is 0.749. The predicted molar refractivity (Wildman–Crippen MR) is 114 cm³/mol. The molecule has 0 aromatic heterocycles. The van der Waals surface area contributed by atoms with Crippen LogP contribution < -0.4 is 10.1 Å². The summed E-state index contributed by atoms with van der Waals surface area (Å²) >= 11 is 0. The predicted octanol–water partition coefficient (Wildman–Crippen LogP) is 3.18. The van der Waals surface area contributed by atoms with Crippen molar-refractivity contribution in [3.63, 3.8) is 0 Å². The zero-order valence-corrected chi connectivity index (χ0v) is 18.7. The SMILES string of the molecule is COc1ccccc1CN(C)C(=O)CN1C(=O)NC2(CCC(C(C)(C)C)CC2)C1=O. The van der Waals surface area contributed by atoms with Crippen LogP contribution in [-0.4, -0.2) is 53.9 Å². The Morgan fingerprint density at radius 1 is 1.23 bits per heavy atom. The molecule has 1 aliphatic carbocycles. The zero-order valence-electron chi connectivity index (χ0n) is 18.7. The zero-order chi connectivity index (χ0) is 22.1. The number of rotatable bonds is 5. The molecule has 1 aromatic rings. The third-order valence-corrected chi connectivity index (χ3v) is 6.63. The van der Waals surface area contributed by atoms with Crippen molar-refractivity contribution in [2.75, 3.05) is 20.7 Å². The van der Waals surface area contributed by atoms with Gasteiger partial charge in [-0.1, -0.05) is 39.0 Å². The summed E-state index contributed by atoms with van der Waals surface area (Å²) in [4.78, 5) is 41.0. The third-order valence-electron chi connectivity index (χ3n) is 6.63. The highest BCUT2D eigenvalue weighted by Crippen LogP contribution is 2.43. The van der Waals surface area contributed by atoms with E-state index in [0.29, 0.717) is 31.1 Å². The van der Waals surface area contributed by atoms with E-state index in [0.717, 1.165) is 23.3 Å². The molecule has 1 saturated heterocycles. The van der Waals surface area contributed by atoms with Gasteiger partial charge in [-0.15, -0.1) is 0 Å². The van der Waals surface area contributed by atoms with Crippen LogP contribution in [0, 0.1) is 11.3 Å². The van der Waals surface area contributed by atoms with Gasteiger partial charge in [0.15, 0.2) is 0 Å². The summed E-state index contributed by atoms with van der Waals surface area (Å²) in [7, 11) is 3.25. The van der Waals surface area contributed by atoms with E-state index >= 15 is 0 Å². The maximum Gasteiger partial charge on any atom is 0.325 e. The Labute approximate surface area is 178 Å². The number of carbonyl (C=O) groups is 3. The molecule has 0 unspecified atom stereocenters. The number of ether oxygens (including phenoxy) is 1. The standard InChI is InChI=1S/C23H33N3O4/c1-22(2,3)17-10-12-23(13-11-17)20(28)26(21(29)24-23)15-19(27)25(4)14-16-8-6-7-9-18(16)30-5/h6-9,17H,10-15H2,1-5H3,(H,24,29). The number of nitrogens with one attached hydrogen (secondary N) is 1. The molecule has 1 N–H and O–H groups in total. The largest absolute Gasteiger partial charge is 0.496 e. The smallest absolute Gasteiger partial charge is 0.325 e. The van der Waals surface area contributed by atoms with Gasteiger partial charge in [0.25, 0.3) is 5.91 Å². The summed E-state index contributed by atoms with van der Waals surface area (Å²) in [5.74, 6) is 0.668. The maximum atomic E-state index is 13.1. The number of amides is 4. The van der Waals surface area contributed by atoms with Gasteiger partial charge in [0.05, 0.1) is 7.11 Å². The van der Waals surface area contributed by atoms with Crippen molar-refractivity contribution < 1.29 is 19.1 Å². The van der Waals surface area contributed by atoms with Crippen LogP contribution in [0.5, 0.6) is 5.75 Å². The number of benzene rings is 1. The average molecular weight is 416 g/mol. The van der Waals surface area contributed by atoms with Gasteiger partial charge in [-0.3, -0.25) is 14.5 Å². The molecule has 1 aromatic carbocycles. The molecule has 1 saturated carbocycles. The van der Waals surface area contributed by atoms with Gasteiger partial charge in [0.1, 0.15) is 17.8 Å². The van der Waals surface area contributed by atoms with E-state index in [1.807, 2.05) is 24.3 Å². The van der Waals surface area contributed by atoms with Crippen molar-refractivity contribution in [2.45, 2.75) is 58.5 Å². The molecule has 1 aliphatic heterocycles. The topological polar surface area (TPSA) is 79.0 Å². The number of likely N-dealkylation sites (N-methyl/N-ethyl adjacent to an activating group) is 1. The van der Waals surface area contributed by atoms with E-state index in [1.54, 1.807) is 14.2 Å². The molecule has 0 bridgehead atoms. The summed E-state index contributed by atoms with van der Waals surface area (Å²) in [5.41, 5.74) is 0.204. The fourth-order valence-corrected chi connectivity index (χ4v) is 4.57. The van der Waals surface area contributed by atoms with Crippen LogP contribution in [0.2, 0.25) is 0 Å². The second-order valence-electron chi connectivity index (χ2n) is 9.61. The van der Waals surface area contributed by atoms with Crippen molar-refractivity contribution >= 4 is 17.8 Å². The number of urea groups is 1. The number of nitrogens with zero attached hydrogens (tertiary/aromatic N) is 2. The second-order valence-corrected chi connectivity index (χ2v) is 9.61. The Bertz CT molecular complexity index is 822. The van der Waals surface area contributed by atoms with Crippen LogP contribution in [0.1, 0.15) is 52.0 Å². The van der Waals surface area contributed by atoms with Crippen LogP contribution in [0.4, 0.5) is 4.79 Å². The van der Waals surface area contributed by atoms with Crippen molar-refractivity contribution in [3.05, 3.63) is 29.8 Å². The molecule has 2 aliphatic rings. The van der Waals surface area contributed by atoms with Crippen molar-refractivity contribution in [3.8, 4) is 5.75 Å². The van der Waals surface area contributed by atoms with Crippen LogP contribution in [0.15, 0.2) is 24.3 Å². The number of hydrogen-bond acceptors (Lipinski definition) is 4. The van der Waals surface area contributed by atoms with Gasteiger partial charge >= 0.3 is 6.03 Å². The first kappa shape index (κ1) is 22.1. The molecule has 3 rings (SSSR count). The van der Waals surface area contributed by atoms with Gasteiger partial charge in [-0.2, -0.15) is 0 Å². The van der Waals surface area contributed by atoms with Crippen LogP contribution in [0.25, 0.3) is 0 Å². The molecular weight excluding hydrogens is 382 g/mol. The Balaban J connectivity index is 1.63. The summed E-state index contributed by atoms with van der Waals surface area (Å²) in [6.07, 6.45) is 3.04. The average Bonchev–Trinajstić information content (AvgIpc) is 2.92. The van der Waals surface area contributed by atoms with Gasteiger partial charge < -0.3 is 15.0 Å². The highest BCUT2D eigenvalue weighted by molar-refractivity contribution is 6.09. The number of methoxy groups -OCH3 is 1. The molecule has 2 fully saturated rings. The number of carbonyl (C=O) groups excluding carboxylic acids is 3. The Kier molecular flexibility index (Phi) is 6.11. The first-order chi connectivity index (χ1) is 14.1. The minimum atomic E-state index is -0.847. The monoisotopic (exact) mass is 415 g/mol. The lowest BCUT2D eigenvalue weighted by Gasteiger charge is -2.40. The number of para-hydroxylation sites is 1. The molecule has 0 atom stereocenters. The lowest BCUT2D eigenvalue weighted by Crippen LogP contribution is -2.51. The summed E-state index contributed by atoms with van der Waals surface area (Å²) in [5, 5.41) is 2.90. The molecule has 1 heterocycles. The fourth-order valence-electron chi connectivity index (χ4n) is 4.57. The molecular formula is C23H33N3O4. The van der Waals surface area contributed by atoms with Crippen LogP contribution >= 0.6 is 0 Å².